The highest BCUT2D eigenvalue weighted by atomic mass is 32.1. The van der Waals surface area contributed by atoms with Gasteiger partial charge in [0.1, 0.15) is 23.9 Å². The fourth-order valence-electron chi connectivity index (χ4n) is 2.90. The fourth-order valence-corrected chi connectivity index (χ4v) is 3.11. The number of benzene rings is 2. The zero-order valence-electron chi connectivity index (χ0n) is 17.2. The maximum atomic E-state index is 12.5. The van der Waals surface area contributed by atoms with E-state index in [0.29, 0.717) is 45.6 Å². The first-order valence-corrected chi connectivity index (χ1v) is 9.62. The molecule has 0 aliphatic carbocycles. The molecule has 0 saturated heterocycles. The van der Waals surface area contributed by atoms with E-state index in [1.807, 2.05) is 0 Å². The van der Waals surface area contributed by atoms with Gasteiger partial charge in [-0.2, -0.15) is 0 Å². The highest BCUT2D eigenvalue weighted by Crippen LogP contribution is 2.34. The largest absolute Gasteiger partial charge is 0.496 e. The van der Waals surface area contributed by atoms with Crippen LogP contribution >= 0.6 is 12.2 Å². The molecule has 0 spiro atoms. The van der Waals surface area contributed by atoms with Gasteiger partial charge in [-0.1, -0.05) is 0 Å². The summed E-state index contributed by atoms with van der Waals surface area (Å²) in [6.07, 6.45) is 0. The zero-order valence-corrected chi connectivity index (χ0v) is 18.0. The Hall–Kier alpha value is -3.56. The number of methoxy groups -OCH3 is 3. The van der Waals surface area contributed by atoms with Crippen molar-refractivity contribution in [3.8, 4) is 28.6 Å². The molecule has 0 aliphatic heterocycles. The van der Waals surface area contributed by atoms with Gasteiger partial charge in [0.2, 0.25) is 0 Å². The number of anilines is 1. The van der Waals surface area contributed by atoms with E-state index in [0.717, 1.165) is 0 Å². The molecule has 0 aliphatic rings. The number of hydrogen-bond acceptors (Lipinski definition) is 7. The number of carbonyl (C=O) groups is 1. The third-order valence-corrected chi connectivity index (χ3v) is 4.62. The predicted molar refractivity (Wildman–Crippen MR) is 120 cm³/mol. The summed E-state index contributed by atoms with van der Waals surface area (Å²) in [6, 6.07) is 13.5. The van der Waals surface area contributed by atoms with Crippen LogP contribution in [0.3, 0.4) is 0 Å². The molecule has 3 rings (SSSR count). The highest BCUT2D eigenvalue weighted by Gasteiger charge is 2.14. The van der Waals surface area contributed by atoms with Crippen molar-refractivity contribution in [1.29, 1.82) is 0 Å². The van der Waals surface area contributed by atoms with Crippen LogP contribution in [-0.4, -0.2) is 37.5 Å². The summed E-state index contributed by atoms with van der Waals surface area (Å²) < 4.78 is 21.4. The van der Waals surface area contributed by atoms with Crippen LogP contribution in [0.5, 0.6) is 17.2 Å². The van der Waals surface area contributed by atoms with Gasteiger partial charge < -0.3 is 29.1 Å². The van der Waals surface area contributed by atoms with E-state index in [2.05, 4.69) is 10.6 Å². The Morgan fingerprint density at radius 2 is 1.68 bits per heavy atom. The van der Waals surface area contributed by atoms with Gasteiger partial charge in [-0.05, 0) is 60.7 Å². The quantitative estimate of drug-likeness (QED) is 0.477. The SMILES string of the molecule is COc1ccc(C(=O)NC(=S)Nc2ccc(OC)c(-c3ccc(CO)o3)c2)cc1OC. The van der Waals surface area contributed by atoms with Crippen LogP contribution in [0.4, 0.5) is 5.69 Å². The van der Waals surface area contributed by atoms with Crippen molar-refractivity contribution in [2.45, 2.75) is 6.61 Å². The van der Waals surface area contributed by atoms with Crippen LogP contribution in [0, 0.1) is 0 Å². The first kappa shape index (κ1) is 22.1. The standard InChI is InChI=1S/C22H22N2O6S/c1-27-17-8-5-14(11-16(17)18-9-6-15(12-25)30-18)23-22(31)24-21(26)13-4-7-19(28-2)20(10-13)29-3/h4-11,25H,12H2,1-3H3,(H2,23,24,26,31). The molecule has 0 bridgehead atoms. The molecule has 3 aromatic rings. The summed E-state index contributed by atoms with van der Waals surface area (Å²) >= 11 is 5.28. The summed E-state index contributed by atoms with van der Waals surface area (Å²) in [4.78, 5) is 12.5. The van der Waals surface area contributed by atoms with Crippen LogP contribution in [0.25, 0.3) is 11.3 Å². The second-order valence-corrected chi connectivity index (χ2v) is 6.73. The van der Waals surface area contributed by atoms with E-state index < -0.39 is 5.91 Å². The van der Waals surface area contributed by atoms with E-state index >= 15 is 0 Å². The number of aliphatic hydroxyl groups is 1. The van der Waals surface area contributed by atoms with E-state index in [9.17, 15) is 9.90 Å². The lowest BCUT2D eigenvalue weighted by atomic mass is 10.1. The van der Waals surface area contributed by atoms with Gasteiger partial charge in [0.15, 0.2) is 16.6 Å². The van der Waals surface area contributed by atoms with Gasteiger partial charge in [-0.3, -0.25) is 10.1 Å². The van der Waals surface area contributed by atoms with Crippen molar-refractivity contribution >= 4 is 28.9 Å². The van der Waals surface area contributed by atoms with E-state index in [1.165, 1.54) is 14.2 Å². The van der Waals surface area contributed by atoms with Crippen molar-refractivity contribution in [3.63, 3.8) is 0 Å². The normalized spacial score (nSPS) is 10.3. The van der Waals surface area contributed by atoms with Crippen molar-refractivity contribution in [2.75, 3.05) is 26.6 Å². The predicted octanol–water partition coefficient (Wildman–Crippen LogP) is 3.59. The second-order valence-electron chi connectivity index (χ2n) is 6.32. The molecule has 3 N–H and O–H groups in total. The number of carbonyl (C=O) groups excluding carboxylic acids is 1. The molecular weight excluding hydrogens is 420 g/mol. The van der Waals surface area contributed by atoms with Crippen LogP contribution in [0.2, 0.25) is 0 Å². The number of rotatable bonds is 7. The van der Waals surface area contributed by atoms with Gasteiger partial charge in [-0.15, -0.1) is 0 Å². The summed E-state index contributed by atoms with van der Waals surface area (Å²) in [5.41, 5.74) is 1.65. The minimum absolute atomic E-state index is 0.117. The molecule has 2 aromatic carbocycles. The molecule has 1 aromatic heterocycles. The van der Waals surface area contributed by atoms with Gasteiger partial charge in [0, 0.05) is 11.3 Å². The maximum Gasteiger partial charge on any atom is 0.257 e. The third kappa shape index (κ3) is 5.14. The Morgan fingerprint density at radius 3 is 2.32 bits per heavy atom. The van der Waals surface area contributed by atoms with Crippen LogP contribution in [0.15, 0.2) is 52.9 Å². The monoisotopic (exact) mass is 442 g/mol. The van der Waals surface area contributed by atoms with Gasteiger partial charge in [0.25, 0.3) is 5.91 Å². The molecule has 31 heavy (non-hydrogen) atoms. The molecule has 0 atom stereocenters. The number of nitrogens with one attached hydrogen (secondary N) is 2. The lowest BCUT2D eigenvalue weighted by molar-refractivity contribution is 0.0977. The minimum atomic E-state index is -0.397. The van der Waals surface area contributed by atoms with Gasteiger partial charge in [-0.25, -0.2) is 0 Å². The van der Waals surface area contributed by atoms with Crippen LogP contribution in [-0.2, 0) is 6.61 Å². The average Bonchev–Trinajstić information content (AvgIpc) is 3.27. The second kappa shape index (κ2) is 9.96. The summed E-state index contributed by atoms with van der Waals surface area (Å²) in [5, 5.41) is 15.0. The Morgan fingerprint density at radius 1 is 0.968 bits per heavy atom. The van der Waals surface area contributed by atoms with Crippen molar-refractivity contribution < 1.29 is 28.5 Å². The third-order valence-electron chi connectivity index (χ3n) is 4.41. The topological polar surface area (TPSA) is 102 Å². The molecular formula is C22H22N2O6S. The summed E-state index contributed by atoms with van der Waals surface area (Å²) in [7, 11) is 4.57. The Labute approximate surface area is 184 Å². The zero-order chi connectivity index (χ0) is 22.4. The first-order chi connectivity index (χ1) is 15.0. The number of ether oxygens (including phenoxy) is 3. The molecule has 162 valence electrons. The Balaban J connectivity index is 1.74. The molecule has 8 nitrogen and oxygen atoms in total. The number of thiocarbonyl (C=S) groups is 1. The molecule has 1 amide bonds. The van der Waals surface area contributed by atoms with E-state index in [4.69, 9.17) is 30.8 Å². The van der Waals surface area contributed by atoms with Crippen LogP contribution in [0.1, 0.15) is 16.1 Å². The van der Waals surface area contributed by atoms with E-state index in [-0.39, 0.29) is 11.7 Å². The maximum absolute atomic E-state index is 12.5. The first-order valence-electron chi connectivity index (χ1n) is 9.21. The number of hydrogen-bond donors (Lipinski definition) is 3. The molecule has 0 fully saturated rings. The lowest BCUT2D eigenvalue weighted by Crippen LogP contribution is -2.34. The number of aliphatic hydroxyl groups excluding tert-OH is 1. The summed E-state index contributed by atoms with van der Waals surface area (Å²) in [6.45, 7) is -0.202. The lowest BCUT2D eigenvalue weighted by Gasteiger charge is -2.13. The molecule has 9 heteroatoms. The van der Waals surface area contributed by atoms with Crippen LogP contribution < -0.4 is 24.8 Å². The van der Waals surface area contributed by atoms with Crippen molar-refractivity contribution in [3.05, 3.63) is 59.9 Å². The molecule has 0 saturated carbocycles. The van der Waals surface area contributed by atoms with Gasteiger partial charge >= 0.3 is 0 Å². The summed E-state index contributed by atoms with van der Waals surface area (Å²) in [5.74, 6) is 2.12. The number of amides is 1. The Bertz CT molecular complexity index is 1100. The molecule has 0 radical (unpaired) electrons. The van der Waals surface area contributed by atoms with Gasteiger partial charge in [0.05, 0.1) is 26.9 Å². The van der Waals surface area contributed by atoms with E-state index in [1.54, 1.807) is 55.6 Å². The molecule has 0 unspecified atom stereocenters. The van der Waals surface area contributed by atoms with Crippen molar-refractivity contribution in [2.24, 2.45) is 0 Å². The average molecular weight is 442 g/mol. The fraction of sp³-hybridized carbons (Fsp3) is 0.182. The minimum Gasteiger partial charge on any atom is -0.496 e. The highest BCUT2D eigenvalue weighted by molar-refractivity contribution is 7.80. The number of furan rings is 1. The van der Waals surface area contributed by atoms with Crippen molar-refractivity contribution in [1.82, 2.24) is 5.32 Å². The Kier molecular flexibility index (Phi) is 7.11. The molecule has 1 heterocycles. The smallest absolute Gasteiger partial charge is 0.257 e.